The monoisotopic (exact) mass is 685 g/mol. The van der Waals surface area contributed by atoms with Gasteiger partial charge in [-0.1, -0.05) is 54.6 Å². The van der Waals surface area contributed by atoms with Crippen molar-refractivity contribution in [1.29, 1.82) is 0 Å². The molecule has 0 saturated carbocycles. The number of anilines is 3. The summed E-state index contributed by atoms with van der Waals surface area (Å²) in [5, 5.41) is 2.47. The van der Waals surface area contributed by atoms with E-state index < -0.39 is 0 Å². The van der Waals surface area contributed by atoms with Crippen LogP contribution in [0.4, 0.5) is 17.1 Å². The van der Waals surface area contributed by atoms with Crippen LogP contribution >= 0.6 is 0 Å². The van der Waals surface area contributed by atoms with E-state index in [9.17, 15) is 0 Å². The molecule has 0 amide bonds. The lowest BCUT2D eigenvalue weighted by Gasteiger charge is -2.26. The van der Waals surface area contributed by atoms with Gasteiger partial charge in [-0.25, -0.2) is 4.57 Å². The Hall–Kier alpha value is -3.25. The molecule has 0 aliphatic carbocycles. The molecule has 1 heterocycles. The second-order valence-corrected chi connectivity index (χ2v) is 11.9. The average molecular weight is 688 g/mol. The topological polar surface area (TPSA) is 7.12 Å². The molecule has 0 aliphatic heterocycles. The Kier molecular flexibility index (Phi) is 11.7. The fraction of sp³-hybridized carbons (Fsp3) is 0.216. The minimum Gasteiger partial charge on any atom is -1.00 e. The Morgan fingerprint density at radius 2 is 1.17 bits per heavy atom. The lowest BCUT2D eigenvalue weighted by atomic mass is 10.0. The molecule has 0 unspecified atom stereocenters. The molecule has 0 bridgehead atoms. The number of fused-ring (bicyclic) bond motifs is 1. The first-order valence-electron chi connectivity index (χ1n) is 14.2. The van der Waals surface area contributed by atoms with E-state index in [4.69, 9.17) is 0 Å². The highest BCUT2D eigenvalue weighted by atomic mass is 79.9. The van der Waals surface area contributed by atoms with Crippen LogP contribution in [0.3, 0.4) is 0 Å². The van der Waals surface area contributed by atoms with Gasteiger partial charge < -0.3 is 43.3 Å². The van der Waals surface area contributed by atoms with E-state index in [1.807, 2.05) is 0 Å². The fourth-order valence-electron chi connectivity index (χ4n) is 5.12. The van der Waals surface area contributed by atoms with E-state index in [2.05, 4.69) is 166 Å². The maximum absolute atomic E-state index is 2.34. The van der Waals surface area contributed by atoms with E-state index in [0.29, 0.717) is 0 Å². The smallest absolute Gasteiger partial charge is 0.169 e. The second-order valence-electron chi connectivity index (χ2n) is 11.9. The molecule has 4 aromatic carbocycles. The summed E-state index contributed by atoms with van der Waals surface area (Å²) in [4.78, 5) is 2.34. The summed E-state index contributed by atoms with van der Waals surface area (Å²) < 4.78 is 3.28. The third-order valence-electron chi connectivity index (χ3n) is 7.26. The first-order valence-corrected chi connectivity index (χ1v) is 14.2. The standard InChI is InChI=1S/C37H41N3.2BrH/c1-29-9-6-11-35(25-29)39(36-12-7-10-30(2)26-36)37-18-17-33-27-32(15-16-34(33)28-37)14-13-31-19-22-38(23-20-31)21-8-24-40(3,4)5;;/h6-7,9-20,22-23,25-28H,8,21,24H2,1-5H3;2*1H/q+2;;/p-2. The number of hydrogen-bond acceptors (Lipinski definition) is 1. The van der Waals surface area contributed by atoms with Crippen molar-refractivity contribution < 1.29 is 43.0 Å². The summed E-state index contributed by atoms with van der Waals surface area (Å²) in [6.07, 6.45) is 9.95. The third-order valence-corrected chi connectivity index (χ3v) is 7.26. The van der Waals surface area contributed by atoms with Crippen molar-refractivity contribution in [2.24, 2.45) is 0 Å². The molecule has 5 aromatic rings. The normalized spacial score (nSPS) is 11.3. The van der Waals surface area contributed by atoms with Gasteiger partial charge in [0.25, 0.3) is 0 Å². The molecule has 0 fully saturated rings. The molecule has 42 heavy (non-hydrogen) atoms. The Labute approximate surface area is 272 Å². The van der Waals surface area contributed by atoms with Crippen molar-refractivity contribution in [2.45, 2.75) is 26.8 Å². The number of aromatic nitrogens is 1. The predicted molar refractivity (Wildman–Crippen MR) is 171 cm³/mol. The van der Waals surface area contributed by atoms with Crippen LogP contribution in [0.5, 0.6) is 0 Å². The van der Waals surface area contributed by atoms with Crippen LogP contribution in [0, 0.1) is 13.8 Å². The van der Waals surface area contributed by atoms with Gasteiger partial charge in [0.2, 0.25) is 0 Å². The SMILES string of the molecule is Cc1cccc(N(c2cccc(C)c2)c2ccc3cc(/C=C/c4cc[n+](CCC[N+](C)(C)C)cc4)ccc3c2)c1.[Br-].[Br-]. The van der Waals surface area contributed by atoms with Crippen LogP contribution in [0.25, 0.3) is 22.9 Å². The van der Waals surface area contributed by atoms with Gasteiger partial charge >= 0.3 is 0 Å². The van der Waals surface area contributed by atoms with Gasteiger partial charge in [-0.15, -0.1) is 0 Å². The molecular weight excluding hydrogens is 646 g/mol. The Bertz CT molecular complexity index is 1590. The number of rotatable bonds is 9. The van der Waals surface area contributed by atoms with E-state index in [0.717, 1.165) is 16.7 Å². The number of quaternary nitrogens is 1. The largest absolute Gasteiger partial charge is 1.00 e. The molecular formula is C37H41Br2N3. The lowest BCUT2D eigenvalue weighted by molar-refractivity contribution is -0.873. The van der Waals surface area contributed by atoms with E-state index in [1.54, 1.807) is 0 Å². The molecule has 3 nitrogen and oxygen atoms in total. The molecule has 218 valence electrons. The summed E-state index contributed by atoms with van der Waals surface area (Å²) in [5.41, 5.74) is 8.41. The second kappa shape index (κ2) is 14.8. The summed E-state index contributed by atoms with van der Waals surface area (Å²) >= 11 is 0. The Morgan fingerprint density at radius 1 is 0.619 bits per heavy atom. The number of aryl methyl sites for hydroxylation is 3. The number of hydrogen-bond donors (Lipinski definition) is 0. The van der Waals surface area contributed by atoms with Gasteiger partial charge in [-0.3, -0.25) is 0 Å². The van der Waals surface area contributed by atoms with Crippen molar-refractivity contribution >= 4 is 40.0 Å². The third kappa shape index (κ3) is 8.87. The van der Waals surface area contributed by atoms with Crippen LogP contribution in [-0.4, -0.2) is 32.2 Å². The highest BCUT2D eigenvalue weighted by Gasteiger charge is 2.13. The zero-order chi connectivity index (χ0) is 28.1. The zero-order valence-corrected chi connectivity index (χ0v) is 28.4. The van der Waals surface area contributed by atoms with Gasteiger partial charge in [-0.05, 0) is 89.3 Å². The maximum Gasteiger partial charge on any atom is 0.169 e. The fourth-order valence-corrected chi connectivity index (χ4v) is 5.12. The molecule has 0 saturated heterocycles. The van der Waals surface area contributed by atoms with Crippen molar-refractivity contribution in [3.63, 3.8) is 0 Å². The predicted octanol–water partition coefficient (Wildman–Crippen LogP) is 2.49. The first kappa shape index (κ1) is 33.3. The van der Waals surface area contributed by atoms with Gasteiger partial charge in [0.05, 0.1) is 34.1 Å². The Morgan fingerprint density at radius 3 is 1.76 bits per heavy atom. The molecule has 5 heteroatoms. The number of halogens is 2. The van der Waals surface area contributed by atoms with E-state index in [1.165, 1.54) is 57.4 Å². The molecule has 0 radical (unpaired) electrons. The van der Waals surface area contributed by atoms with Gasteiger partial charge in [0.15, 0.2) is 18.9 Å². The molecule has 0 aliphatic rings. The molecule has 1 aromatic heterocycles. The van der Waals surface area contributed by atoms with Crippen LogP contribution in [0.15, 0.2) is 109 Å². The molecule has 0 spiro atoms. The zero-order valence-electron chi connectivity index (χ0n) is 25.3. The van der Waals surface area contributed by atoms with Crippen molar-refractivity contribution in [1.82, 2.24) is 0 Å². The number of benzene rings is 4. The number of pyridine rings is 1. The van der Waals surface area contributed by atoms with Crippen LogP contribution < -0.4 is 43.4 Å². The van der Waals surface area contributed by atoms with Crippen LogP contribution in [0.1, 0.15) is 28.7 Å². The first-order chi connectivity index (χ1) is 19.2. The van der Waals surface area contributed by atoms with Crippen molar-refractivity contribution in [3.05, 3.63) is 132 Å². The summed E-state index contributed by atoms with van der Waals surface area (Å²) in [6.45, 7) is 6.52. The minimum atomic E-state index is 0. The number of nitrogens with zero attached hydrogens (tertiary/aromatic N) is 3. The lowest BCUT2D eigenvalue weighted by Crippen LogP contribution is -3.00. The highest BCUT2D eigenvalue weighted by Crippen LogP contribution is 2.36. The molecule has 0 atom stereocenters. The average Bonchev–Trinajstić information content (AvgIpc) is 2.92. The van der Waals surface area contributed by atoms with Crippen molar-refractivity contribution in [3.8, 4) is 0 Å². The van der Waals surface area contributed by atoms with Crippen LogP contribution in [0.2, 0.25) is 0 Å². The molecule has 5 rings (SSSR count). The summed E-state index contributed by atoms with van der Waals surface area (Å²) in [7, 11) is 6.74. The van der Waals surface area contributed by atoms with Crippen LogP contribution in [-0.2, 0) is 6.54 Å². The quantitative estimate of drug-likeness (QED) is 0.171. The maximum atomic E-state index is 2.34. The van der Waals surface area contributed by atoms with Gasteiger partial charge in [0, 0.05) is 29.2 Å². The highest BCUT2D eigenvalue weighted by molar-refractivity contribution is 5.91. The summed E-state index contributed by atoms with van der Waals surface area (Å²) in [5.74, 6) is 0. The van der Waals surface area contributed by atoms with Gasteiger partial charge in [-0.2, -0.15) is 0 Å². The molecule has 0 N–H and O–H groups in total. The summed E-state index contributed by atoms with van der Waals surface area (Å²) in [6, 6.07) is 35.3. The van der Waals surface area contributed by atoms with Crippen molar-refractivity contribution in [2.75, 3.05) is 32.6 Å². The Balaban J connectivity index is 0.00000242. The minimum absolute atomic E-state index is 0. The van der Waals surface area contributed by atoms with Gasteiger partial charge in [0.1, 0.15) is 0 Å². The van der Waals surface area contributed by atoms with E-state index in [-0.39, 0.29) is 34.0 Å². The van der Waals surface area contributed by atoms with E-state index >= 15 is 0 Å².